The molecular formula is C26H34ClF3N2O4S. The summed E-state index contributed by atoms with van der Waals surface area (Å²) in [6.07, 6.45) is -2.96. The monoisotopic (exact) mass is 562 g/mol. The average molecular weight is 563 g/mol. The average Bonchev–Trinajstić information content (AvgIpc) is 2.75. The Morgan fingerprint density at radius 3 is 2.30 bits per heavy atom. The summed E-state index contributed by atoms with van der Waals surface area (Å²) < 4.78 is 71.3. The third kappa shape index (κ3) is 8.81. The minimum Gasteiger partial charge on any atom is -0.444 e. The Hall–Kier alpha value is -2.46. The van der Waals surface area contributed by atoms with Gasteiger partial charge in [0.15, 0.2) is 0 Å². The first-order valence-corrected chi connectivity index (χ1v) is 13.4. The van der Waals surface area contributed by atoms with Crippen molar-refractivity contribution in [2.75, 3.05) is 11.3 Å². The van der Waals surface area contributed by atoms with Gasteiger partial charge < -0.3 is 9.64 Å². The first-order valence-electron chi connectivity index (χ1n) is 12.0. The standard InChI is InChI=1S/C26H33F3N2O4S.ClH/c1-5-14-31(24(32)35-25(2,3)4)22-11-9-19-15-21(10-8-20(19)16-22)30-36(33,34)23-12-6-18(7-13-23)17-26(27,28)29;/h6-8,10,12-13,15,22,30H,5,9,11,14,16-17H2,1-4H3;1H/t22-;/m0./s1. The molecule has 0 aromatic heterocycles. The number of aryl methyl sites for hydroxylation is 1. The lowest BCUT2D eigenvalue weighted by Gasteiger charge is -2.36. The number of carbonyl (C=O) groups excluding carboxylic acids is 1. The van der Waals surface area contributed by atoms with E-state index >= 15 is 0 Å². The Bertz CT molecular complexity index is 1180. The van der Waals surface area contributed by atoms with Crippen molar-refractivity contribution < 1.29 is 31.1 Å². The maximum atomic E-state index is 12.8. The number of ether oxygens (including phenoxy) is 1. The number of nitrogens with zero attached hydrogens (tertiary/aromatic N) is 1. The van der Waals surface area contributed by atoms with Crippen molar-refractivity contribution in [3.05, 3.63) is 59.2 Å². The second-order valence-corrected chi connectivity index (χ2v) is 11.8. The molecule has 0 bridgehead atoms. The van der Waals surface area contributed by atoms with E-state index in [4.69, 9.17) is 4.74 Å². The highest BCUT2D eigenvalue weighted by atomic mass is 35.5. The highest BCUT2D eigenvalue weighted by molar-refractivity contribution is 7.92. The summed E-state index contributed by atoms with van der Waals surface area (Å²) >= 11 is 0. The number of alkyl halides is 3. The predicted molar refractivity (Wildman–Crippen MR) is 140 cm³/mol. The maximum Gasteiger partial charge on any atom is 0.410 e. The van der Waals surface area contributed by atoms with Crippen LogP contribution in [0.15, 0.2) is 47.4 Å². The Morgan fingerprint density at radius 2 is 1.73 bits per heavy atom. The molecule has 0 heterocycles. The lowest BCUT2D eigenvalue weighted by Crippen LogP contribution is -2.46. The fourth-order valence-electron chi connectivity index (χ4n) is 4.28. The normalized spacial score (nSPS) is 15.8. The summed E-state index contributed by atoms with van der Waals surface area (Å²) in [5.41, 5.74) is 1.82. The zero-order valence-electron chi connectivity index (χ0n) is 21.4. The molecule has 37 heavy (non-hydrogen) atoms. The molecule has 2 aromatic rings. The van der Waals surface area contributed by atoms with Crippen LogP contribution >= 0.6 is 12.4 Å². The minimum absolute atomic E-state index is 0. The molecular weight excluding hydrogens is 529 g/mol. The first-order chi connectivity index (χ1) is 16.7. The summed E-state index contributed by atoms with van der Waals surface area (Å²) in [4.78, 5) is 14.4. The zero-order valence-corrected chi connectivity index (χ0v) is 23.0. The van der Waals surface area contributed by atoms with Crippen molar-refractivity contribution >= 4 is 34.2 Å². The molecule has 0 unspecified atom stereocenters. The van der Waals surface area contributed by atoms with Crippen molar-refractivity contribution in [3.8, 4) is 0 Å². The van der Waals surface area contributed by atoms with Crippen molar-refractivity contribution in [2.24, 2.45) is 0 Å². The number of anilines is 1. The highest BCUT2D eigenvalue weighted by Crippen LogP contribution is 2.29. The molecule has 2 aromatic carbocycles. The molecule has 1 atom stereocenters. The first kappa shape index (κ1) is 30.8. The Morgan fingerprint density at radius 1 is 1.08 bits per heavy atom. The number of carbonyl (C=O) groups is 1. The largest absolute Gasteiger partial charge is 0.444 e. The van der Waals surface area contributed by atoms with Crippen molar-refractivity contribution in [2.45, 2.75) is 82.5 Å². The van der Waals surface area contributed by atoms with Crippen LogP contribution in [0.1, 0.15) is 57.2 Å². The van der Waals surface area contributed by atoms with Crippen molar-refractivity contribution in [1.29, 1.82) is 0 Å². The van der Waals surface area contributed by atoms with E-state index in [0.29, 0.717) is 25.1 Å². The molecule has 0 spiro atoms. The second-order valence-electron chi connectivity index (χ2n) is 10.1. The van der Waals surface area contributed by atoms with Gasteiger partial charge in [-0.1, -0.05) is 25.1 Å². The number of hydrogen-bond acceptors (Lipinski definition) is 4. The van der Waals surface area contributed by atoms with Crippen molar-refractivity contribution in [3.63, 3.8) is 0 Å². The van der Waals surface area contributed by atoms with Gasteiger partial charge >= 0.3 is 12.3 Å². The molecule has 1 N–H and O–H groups in total. The quantitative estimate of drug-likeness (QED) is 0.417. The molecule has 0 aliphatic heterocycles. The summed E-state index contributed by atoms with van der Waals surface area (Å²) in [6.45, 7) is 8.12. The van der Waals surface area contributed by atoms with E-state index in [1.54, 1.807) is 17.0 Å². The zero-order chi connectivity index (χ0) is 26.7. The molecule has 1 amide bonds. The van der Waals surface area contributed by atoms with Gasteiger partial charge in [-0.2, -0.15) is 13.2 Å². The minimum atomic E-state index is -4.36. The lowest BCUT2D eigenvalue weighted by atomic mass is 9.87. The molecule has 11 heteroatoms. The maximum absolute atomic E-state index is 12.8. The fourth-order valence-corrected chi connectivity index (χ4v) is 5.33. The van der Waals surface area contributed by atoms with Crippen LogP contribution in [0.2, 0.25) is 0 Å². The van der Waals surface area contributed by atoms with Crippen LogP contribution in [0.3, 0.4) is 0 Å². The Kier molecular flexibility index (Phi) is 9.93. The van der Waals surface area contributed by atoms with Crippen LogP contribution in [-0.4, -0.2) is 43.8 Å². The van der Waals surface area contributed by atoms with Gasteiger partial charge in [0, 0.05) is 18.3 Å². The molecule has 206 valence electrons. The topological polar surface area (TPSA) is 75.7 Å². The molecule has 0 saturated carbocycles. The second kappa shape index (κ2) is 11.9. The number of halogens is 4. The molecule has 6 nitrogen and oxygen atoms in total. The third-order valence-electron chi connectivity index (χ3n) is 5.83. The summed E-state index contributed by atoms with van der Waals surface area (Å²) in [6, 6.07) is 9.96. The van der Waals surface area contributed by atoms with Gasteiger partial charge in [-0.25, -0.2) is 13.2 Å². The van der Waals surface area contributed by atoms with Crippen LogP contribution in [0.5, 0.6) is 0 Å². The van der Waals surface area contributed by atoms with Crippen LogP contribution in [-0.2, 0) is 34.0 Å². The Balaban J connectivity index is 0.00000481. The van der Waals surface area contributed by atoms with Gasteiger partial charge in [0.05, 0.1) is 11.3 Å². The molecule has 1 aliphatic rings. The molecule has 0 saturated heterocycles. The number of nitrogens with one attached hydrogen (secondary N) is 1. The smallest absolute Gasteiger partial charge is 0.410 e. The molecule has 0 radical (unpaired) electrons. The van der Waals surface area contributed by atoms with E-state index in [1.807, 2.05) is 33.8 Å². The lowest BCUT2D eigenvalue weighted by molar-refractivity contribution is -0.127. The Labute approximate surface area is 223 Å². The van der Waals surface area contributed by atoms with Gasteiger partial charge in [-0.3, -0.25) is 4.72 Å². The van der Waals surface area contributed by atoms with E-state index in [9.17, 15) is 26.4 Å². The van der Waals surface area contributed by atoms with Crippen LogP contribution in [0, 0.1) is 0 Å². The van der Waals surface area contributed by atoms with Gasteiger partial charge in [0.1, 0.15) is 5.60 Å². The van der Waals surface area contributed by atoms with Crippen LogP contribution in [0.25, 0.3) is 0 Å². The van der Waals surface area contributed by atoms with Gasteiger partial charge in [0.2, 0.25) is 0 Å². The highest BCUT2D eigenvalue weighted by Gasteiger charge is 2.31. The summed E-state index contributed by atoms with van der Waals surface area (Å²) in [7, 11) is -3.96. The van der Waals surface area contributed by atoms with Gasteiger partial charge in [-0.05, 0) is 87.4 Å². The number of benzene rings is 2. The van der Waals surface area contributed by atoms with Crippen LogP contribution < -0.4 is 4.72 Å². The van der Waals surface area contributed by atoms with E-state index in [-0.39, 0.29) is 35.0 Å². The molecule has 1 aliphatic carbocycles. The number of hydrogen-bond donors (Lipinski definition) is 1. The predicted octanol–water partition coefficient (Wildman–Crippen LogP) is 6.52. The molecule has 0 fully saturated rings. The van der Waals surface area contributed by atoms with Gasteiger partial charge in [0.25, 0.3) is 10.0 Å². The molecule has 3 rings (SSSR count). The number of rotatable bonds is 7. The van der Waals surface area contributed by atoms with E-state index < -0.39 is 28.2 Å². The fraction of sp³-hybridized carbons (Fsp3) is 0.500. The van der Waals surface area contributed by atoms with E-state index in [0.717, 1.165) is 24.0 Å². The number of amides is 1. The van der Waals surface area contributed by atoms with E-state index in [2.05, 4.69) is 4.72 Å². The van der Waals surface area contributed by atoms with Gasteiger partial charge in [-0.15, -0.1) is 12.4 Å². The third-order valence-corrected chi connectivity index (χ3v) is 7.23. The number of sulfonamides is 1. The number of fused-ring (bicyclic) bond motifs is 1. The van der Waals surface area contributed by atoms with Crippen molar-refractivity contribution in [1.82, 2.24) is 4.90 Å². The SMILES string of the molecule is CCCN(C(=O)OC(C)(C)C)[C@H]1CCc2cc(NS(=O)(=O)c3ccc(CC(F)(F)F)cc3)ccc2C1.Cl. The van der Waals surface area contributed by atoms with E-state index in [1.165, 1.54) is 24.3 Å². The summed E-state index contributed by atoms with van der Waals surface area (Å²) in [5.74, 6) is 0. The van der Waals surface area contributed by atoms with Crippen LogP contribution in [0.4, 0.5) is 23.7 Å². The summed E-state index contributed by atoms with van der Waals surface area (Å²) in [5, 5.41) is 0.